The van der Waals surface area contributed by atoms with E-state index in [-0.39, 0.29) is 0 Å². The van der Waals surface area contributed by atoms with E-state index in [9.17, 15) is 4.79 Å². The van der Waals surface area contributed by atoms with E-state index in [1.54, 1.807) is 37.1 Å². The summed E-state index contributed by atoms with van der Waals surface area (Å²) in [5.41, 5.74) is 0.722. The Balaban J connectivity index is 2.96. The zero-order chi connectivity index (χ0) is 11.6. The van der Waals surface area contributed by atoms with E-state index in [1.807, 2.05) is 0 Å². The molecule has 5 heteroatoms. The fraction of sp³-hybridized carbons (Fsp3) is 0.300. The van der Waals surface area contributed by atoms with Gasteiger partial charge >= 0.3 is 5.97 Å². The molecule has 0 aliphatic heterocycles. The zero-order valence-corrected chi connectivity index (χ0v) is 9.88. The average Bonchev–Trinajstić information content (AvgIpc) is 2.19. The van der Waals surface area contributed by atoms with Gasteiger partial charge in [-0.1, -0.05) is 23.2 Å². The standard InChI is InChI=1S/C10H11Cl2NO2/c1-6(10(14)15)13(2)7-3-4-8(11)9(12)5-7/h3-6H,1-2H3,(H,14,15)/t6-/m1/s1. The summed E-state index contributed by atoms with van der Waals surface area (Å²) in [5.74, 6) is -0.886. The smallest absolute Gasteiger partial charge is 0.326 e. The zero-order valence-electron chi connectivity index (χ0n) is 8.37. The molecular formula is C10H11Cl2NO2. The molecule has 0 heterocycles. The molecule has 0 aromatic heterocycles. The fourth-order valence-corrected chi connectivity index (χ4v) is 1.39. The van der Waals surface area contributed by atoms with E-state index in [0.29, 0.717) is 10.0 Å². The summed E-state index contributed by atoms with van der Waals surface area (Å²) in [5, 5.41) is 9.71. The van der Waals surface area contributed by atoms with Crippen LogP contribution in [-0.2, 0) is 4.79 Å². The molecule has 3 nitrogen and oxygen atoms in total. The highest BCUT2D eigenvalue weighted by Gasteiger charge is 2.17. The molecular weight excluding hydrogens is 237 g/mol. The Bertz CT molecular complexity index is 382. The Morgan fingerprint density at radius 2 is 2.00 bits per heavy atom. The first-order chi connectivity index (χ1) is 6.93. The lowest BCUT2D eigenvalue weighted by atomic mass is 10.2. The molecule has 0 unspecified atom stereocenters. The predicted molar refractivity (Wildman–Crippen MR) is 62.0 cm³/mol. The molecule has 0 spiro atoms. The van der Waals surface area contributed by atoms with E-state index >= 15 is 0 Å². The van der Waals surface area contributed by atoms with Gasteiger partial charge in [0.2, 0.25) is 0 Å². The molecule has 0 bridgehead atoms. The number of halogens is 2. The van der Waals surface area contributed by atoms with Crippen molar-refractivity contribution in [1.29, 1.82) is 0 Å². The number of carboxylic acids is 1. The van der Waals surface area contributed by atoms with Crippen LogP contribution in [0.4, 0.5) is 5.69 Å². The molecule has 0 aliphatic rings. The number of likely N-dealkylation sites (N-methyl/N-ethyl adjacent to an activating group) is 1. The normalized spacial score (nSPS) is 12.3. The molecule has 15 heavy (non-hydrogen) atoms. The first-order valence-corrected chi connectivity index (χ1v) is 5.09. The molecule has 0 amide bonds. The van der Waals surface area contributed by atoms with E-state index in [1.165, 1.54) is 0 Å². The van der Waals surface area contributed by atoms with Gasteiger partial charge < -0.3 is 10.0 Å². The highest BCUT2D eigenvalue weighted by molar-refractivity contribution is 6.42. The monoisotopic (exact) mass is 247 g/mol. The highest BCUT2D eigenvalue weighted by Crippen LogP contribution is 2.27. The fourth-order valence-electron chi connectivity index (χ4n) is 1.09. The Labute approximate surface area is 98.2 Å². The molecule has 0 fully saturated rings. The summed E-state index contributed by atoms with van der Waals surface area (Å²) in [6.07, 6.45) is 0. The lowest BCUT2D eigenvalue weighted by Crippen LogP contribution is -2.35. The Hall–Kier alpha value is -0.930. The molecule has 0 radical (unpaired) electrons. The number of nitrogens with zero attached hydrogens (tertiary/aromatic N) is 1. The maximum Gasteiger partial charge on any atom is 0.326 e. The van der Waals surface area contributed by atoms with Crippen molar-refractivity contribution in [3.05, 3.63) is 28.2 Å². The minimum atomic E-state index is -0.886. The van der Waals surface area contributed by atoms with Gasteiger partial charge in [0.25, 0.3) is 0 Å². The van der Waals surface area contributed by atoms with Crippen LogP contribution in [0.3, 0.4) is 0 Å². The van der Waals surface area contributed by atoms with E-state index in [0.717, 1.165) is 5.69 Å². The van der Waals surface area contributed by atoms with Gasteiger partial charge in [-0.25, -0.2) is 4.79 Å². The van der Waals surface area contributed by atoms with Crippen LogP contribution in [0.25, 0.3) is 0 Å². The van der Waals surface area contributed by atoms with Crippen LogP contribution in [0, 0.1) is 0 Å². The Morgan fingerprint density at radius 1 is 1.40 bits per heavy atom. The number of rotatable bonds is 3. The van der Waals surface area contributed by atoms with Crippen LogP contribution in [0.5, 0.6) is 0 Å². The van der Waals surface area contributed by atoms with E-state index in [4.69, 9.17) is 28.3 Å². The number of benzene rings is 1. The molecule has 1 N–H and O–H groups in total. The summed E-state index contributed by atoms with van der Waals surface area (Å²) >= 11 is 11.6. The van der Waals surface area contributed by atoms with Crippen molar-refractivity contribution >= 4 is 34.9 Å². The third-order valence-electron chi connectivity index (χ3n) is 2.25. The predicted octanol–water partition coefficient (Wildman–Crippen LogP) is 2.90. The van der Waals surface area contributed by atoms with Gasteiger partial charge in [0.15, 0.2) is 0 Å². The topological polar surface area (TPSA) is 40.5 Å². The van der Waals surface area contributed by atoms with Crippen molar-refractivity contribution in [1.82, 2.24) is 0 Å². The number of carboxylic acid groups (broad SMARTS) is 1. The van der Waals surface area contributed by atoms with Crippen LogP contribution in [-0.4, -0.2) is 24.2 Å². The minimum absolute atomic E-state index is 0.415. The third-order valence-corrected chi connectivity index (χ3v) is 2.99. The second kappa shape index (κ2) is 4.73. The summed E-state index contributed by atoms with van der Waals surface area (Å²) in [6.45, 7) is 1.60. The van der Waals surface area contributed by atoms with Crippen LogP contribution < -0.4 is 4.90 Å². The highest BCUT2D eigenvalue weighted by atomic mass is 35.5. The van der Waals surface area contributed by atoms with E-state index in [2.05, 4.69) is 0 Å². The summed E-state index contributed by atoms with van der Waals surface area (Å²) in [7, 11) is 1.69. The number of hydrogen-bond donors (Lipinski definition) is 1. The van der Waals surface area contributed by atoms with Gasteiger partial charge in [0, 0.05) is 12.7 Å². The number of carbonyl (C=O) groups is 1. The lowest BCUT2D eigenvalue weighted by molar-refractivity contribution is -0.138. The Morgan fingerprint density at radius 3 is 2.47 bits per heavy atom. The summed E-state index contributed by atoms with van der Waals surface area (Å²) in [6, 6.07) is 4.41. The quantitative estimate of drug-likeness (QED) is 0.893. The van der Waals surface area contributed by atoms with Gasteiger partial charge in [-0.2, -0.15) is 0 Å². The van der Waals surface area contributed by atoms with Gasteiger partial charge in [-0.15, -0.1) is 0 Å². The first-order valence-electron chi connectivity index (χ1n) is 4.34. The molecule has 1 aromatic carbocycles. The van der Waals surface area contributed by atoms with Crippen LogP contribution in [0.2, 0.25) is 10.0 Å². The first kappa shape index (κ1) is 12.1. The molecule has 0 aliphatic carbocycles. The number of anilines is 1. The van der Waals surface area contributed by atoms with Gasteiger partial charge in [-0.3, -0.25) is 0 Å². The molecule has 0 saturated heterocycles. The lowest BCUT2D eigenvalue weighted by Gasteiger charge is -2.23. The molecule has 1 atom stereocenters. The van der Waals surface area contributed by atoms with Gasteiger partial charge in [0.1, 0.15) is 6.04 Å². The van der Waals surface area contributed by atoms with Crippen molar-refractivity contribution in [2.24, 2.45) is 0 Å². The van der Waals surface area contributed by atoms with Gasteiger partial charge in [-0.05, 0) is 25.1 Å². The average molecular weight is 248 g/mol. The number of hydrogen-bond acceptors (Lipinski definition) is 2. The molecule has 82 valence electrons. The molecule has 0 saturated carbocycles. The largest absolute Gasteiger partial charge is 0.480 e. The van der Waals surface area contributed by atoms with E-state index < -0.39 is 12.0 Å². The maximum absolute atomic E-state index is 10.8. The van der Waals surface area contributed by atoms with Crippen LogP contribution in [0.15, 0.2) is 18.2 Å². The molecule has 1 aromatic rings. The maximum atomic E-state index is 10.8. The SMILES string of the molecule is C[C@H](C(=O)O)N(C)c1ccc(Cl)c(Cl)c1. The Kier molecular flexibility index (Phi) is 3.83. The van der Waals surface area contributed by atoms with Crippen molar-refractivity contribution in [2.75, 3.05) is 11.9 Å². The second-order valence-electron chi connectivity index (χ2n) is 3.22. The third kappa shape index (κ3) is 2.76. The van der Waals surface area contributed by atoms with Crippen LogP contribution in [0.1, 0.15) is 6.92 Å². The van der Waals surface area contributed by atoms with Crippen LogP contribution >= 0.6 is 23.2 Å². The second-order valence-corrected chi connectivity index (χ2v) is 4.04. The number of aliphatic carboxylic acids is 1. The summed E-state index contributed by atoms with van der Waals surface area (Å²) < 4.78 is 0. The van der Waals surface area contributed by atoms with Crippen molar-refractivity contribution in [2.45, 2.75) is 13.0 Å². The van der Waals surface area contributed by atoms with Crippen molar-refractivity contribution < 1.29 is 9.90 Å². The minimum Gasteiger partial charge on any atom is -0.480 e. The van der Waals surface area contributed by atoms with Crippen molar-refractivity contribution in [3.8, 4) is 0 Å². The van der Waals surface area contributed by atoms with Gasteiger partial charge in [0.05, 0.1) is 10.0 Å². The molecule has 1 rings (SSSR count). The van der Waals surface area contributed by atoms with Crippen molar-refractivity contribution in [3.63, 3.8) is 0 Å². The summed E-state index contributed by atoms with van der Waals surface area (Å²) in [4.78, 5) is 12.4.